The Morgan fingerprint density at radius 3 is 2.75 bits per heavy atom. The highest BCUT2D eigenvalue weighted by molar-refractivity contribution is 7.47. The van der Waals surface area contributed by atoms with Gasteiger partial charge < -0.3 is 9.63 Å². The summed E-state index contributed by atoms with van der Waals surface area (Å²) < 4.78 is 26.3. The van der Waals surface area contributed by atoms with Crippen LogP contribution >= 0.6 is 7.82 Å². The molecule has 0 spiro atoms. The van der Waals surface area contributed by atoms with Crippen LogP contribution in [-0.2, 0) is 18.3 Å². The van der Waals surface area contributed by atoms with Gasteiger partial charge in [-0.25, -0.2) is 4.57 Å². The van der Waals surface area contributed by atoms with E-state index in [1.165, 1.54) is 0 Å². The van der Waals surface area contributed by atoms with E-state index in [1.54, 1.807) is 6.92 Å². The van der Waals surface area contributed by atoms with Crippen LogP contribution in [-0.4, -0.2) is 30.8 Å². The van der Waals surface area contributed by atoms with Gasteiger partial charge in [-0.15, -0.1) is 0 Å². The fraction of sp³-hybridized carbons (Fsp3) is 1.00. The minimum Gasteiger partial charge on any atom is -0.375 e. The molecule has 0 aliphatic carbocycles. The third-order valence-corrected chi connectivity index (χ3v) is 3.87. The van der Waals surface area contributed by atoms with E-state index in [0.29, 0.717) is 18.4 Å². The topological polar surface area (TPSA) is 65.0 Å². The fourth-order valence-electron chi connectivity index (χ4n) is 1.97. The Hall–Kier alpha value is 0.0700. The summed E-state index contributed by atoms with van der Waals surface area (Å²) in [6.45, 7) is 6.86. The highest BCUT2D eigenvalue weighted by Crippen LogP contribution is 2.44. The Labute approximate surface area is 96.7 Å². The lowest BCUT2D eigenvalue weighted by Gasteiger charge is -2.22. The molecule has 0 bridgehead atoms. The smallest absolute Gasteiger partial charge is 0.375 e. The van der Waals surface area contributed by atoms with Crippen LogP contribution in [0, 0.1) is 11.8 Å². The molecule has 1 aliphatic rings. The maximum Gasteiger partial charge on any atom is 0.472 e. The highest BCUT2D eigenvalue weighted by atomic mass is 31.2. The van der Waals surface area contributed by atoms with Crippen molar-refractivity contribution in [1.29, 1.82) is 0 Å². The van der Waals surface area contributed by atoms with Crippen molar-refractivity contribution in [1.82, 2.24) is 0 Å². The predicted molar refractivity (Wildman–Crippen MR) is 60.1 cm³/mol. The quantitative estimate of drug-likeness (QED) is 0.734. The first-order chi connectivity index (χ1) is 7.46. The van der Waals surface area contributed by atoms with Gasteiger partial charge in [0.1, 0.15) is 0 Å². The number of phosphoric ester groups is 1. The van der Waals surface area contributed by atoms with Crippen LogP contribution in [0.15, 0.2) is 0 Å². The summed E-state index contributed by atoms with van der Waals surface area (Å²) in [5.41, 5.74) is 0. The molecular formula is C10H21O5P. The molecule has 1 fully saturated rings. The third-order valence-electron chi connectivity index (χ3n) is 2.81. The lowest BCUT2D eigenvalue weighted by atomic mass is 9.90. The van der Waals surface area contributed by atoms with Crippen molar-refractivity contribution < 1.29 is 23.2 Å². The second-order valence-corrected chi connectivity index (χ2v) is 5.74. The largest absolute Gasteiger partial charge is 0.472 e. The molecular weight excluding hydrogens is 231 g/mol. The predicted octanol–water partition coefficient (Wildman–Crippen LogP) is 2.20. The molecule has 0 aromatic heterocycles. The van der Waals surface area contributed by atoms with Crippen molar-refractivity contribution in [3.63, 3.8) is 0 Å². The zero-order valence-corrected chi connectivity index (χ0v) is 11.0. The zero-order valence-electron chi connectivity index (χ0n) is 10.1. The minimum atomic E-state index is -3.88. The van der Waals surface area contributed by atoms with Crippen molar-refractivity contribution in [2.75, 3.05) is 19.8 Å². The summed E-state index contributed by atoms with van der Waals surface area (Å²) in [7, 11) is -3.88. The second kappa shape index (κ2) is 6.12. The molecule has 1 saturated heterocycles. The maximum atomic E-state index is 11.3. The Morgan fingerprint density at radius 1 is 1.50 bits per heavy atom. The van der Waals surface area contributed by atoms with Gasteiger partial charge in [0.05, 0.1) is 19.3 Å². The van der Waals surface area contributed by atoms with Crippen LogP contribution in [0.25, 0.3) is 0 Å². The number of ether oxygens (including phenoxy) is 1. The van der Waals surface area contributed by atoms with E-state index in [2.05, 4.69) is 18.4 Å². The molecule has 96 valence electrons. The second-order valence-electron chi connectivity index (χ2n) is 4.29. The van der Waals surface area contributed by atoms with Crippen molar-refractivity contribution in [3.8, 4) is 0 Å². The summed E-state index contributed by atoms with van der Waals surface area (Å²) in [6.07, 6.45) is 0.886. The van der Waals surface area contributed by atoms with Gasteiger partial charge in [0, 0.05) is 6.61 Å². The molecule has 1 N–H and O–H groups in total. The van der Waals surface area contributed by atoms with Crippen LogP contribution in [0.1, 0.15) is 27.2 Å². The van der Waals surface area contributed by atoms with Crippen LogP contribution in [0.2, 0.25) is 0 Å². The average Bonchev–Trinajstić information content (AvgIpc) is 2.62. The molecule has 3 atom stereocenters. The van der Waals surface area contributed by atoms with Crippen molar-refractivity contribution in [3.05, 3.63) is 0 Å². The van der Waals surface area contributed by atoms with E-state index in [9.17, 15) is 9.46 Å². The Kier molecular flexibility index (Phi) is 5.41. The SMILES string of the molecule is CCOP(=O)(O)OCC1OCCC1C(C)C. The van der Waals surface area contributed by atoms with Crippen molar-refractivity contribution in [2.45, 2.75) is 33.3 Å². The summed E-state index contributed by atoms with van der Waals surface area (Å²) in [5, 5.41) is 0. The van der Waals surface area contributed by atoms with E-state index in [1.807, 2.05) is 0 Å². The number of hydrogen-bond acceptors (Lipinski definition) is 4. The van der Waals surface area contributed by atoms with Gasteiger partial charge in [0.15, 0.2) is 0 Å². The van der Waals surface area contributed by atoms with E-state index in [-0.39, 0.29) is 19.3 Å². The van der Waals surface area contributed by atoms with E-state index in [4.69, 9.17) is 9.26 Å². The van der Waals surface area contributed by atoms with Gasteiger partial charge in [0.25, 0.3) is 0 Å². The van der Waals surface area contributed by atoms with Gasteiger partial charge >= 0.3 is 7.82 Å². The number of phosphoric acid groups is 1. The lowest BCUT2D eigenvalue weighted by molar-refractivity contribution is 0.0244. The molecule has 6 heteroatoms. The normalized spacial score (nSPS) is 29.6. The van der Waals surface area contributed by atoms with Gasteiger partial charge in [-0.05, 0) is 25.2 Å². The van der Waals surface area contributed by atoms with Crippen molar-refractivity contribution >= 4 is 7.82 Å². The van der Waals surface area contributed by atoms with Gasteiger partial charge in [-0.1, -0.05) is 13.8 Å². The molecule has 3 unspecified atom stereocenters. The third kappa shape index (κ3) is 4.15. The van der Waals surface area contributed by atoms with Crippen LogP contribution in [0.5, 0.6) is 0 Å². The first kappa shape index (κ1) is 14.1. The first-order valence-electron chi connectivity index (χ1n) is 5.69. The molecule has 1 heterocycles. The Morgan fingerprint density at radius 2 is 2.19 bits per heavy atom. The molecule has 1 rings (SSSR count). The molecule has 1 aliphatic heterocycles. The average molecular weight is 252 g/mol. The molecule has 0 aromatic rings. The monoisotopic (exact) mass is 252 g/mol. The molecule has 16 heavy (non-hydrogen) atoms. The summed E-state index contributed by atoms with van der Waals surface area (Å²) in [6, 6.07) is 0. The first-order valence-corrected chi connectivity index (χ1v) is 7.19. The number of hydrogen-bond donors (Lipinski definition) is 1. The number of rotatable bonds is 6. The molecule has 0 saturated carbocycles. The highest BCUT2D eigenvalue weighted by Gasteiger charge is 2.33. The Bertz CT molecular complexity index is 256. The summed E-state index contributed by atoms with van der Waals surface area (Å²) in [4.78, 5) is 9.26. The van der Waals surface area contributed by atoms with Crippen LogP contribution in [0.3, 0.4) is 0 Å². The summed E-state index contributed by atoms with van der Waals surface area (Å²) >= 11 is 0. The minimum absolute atomic E-state index is 0.0964. The van der Waals surface area contributed by atoms with Crippen LogP contribution < -0.4 is 0 Å². The lowest BCUT2D eigenvalue weighted by Crippen LogP contribution is -2.25. The van der Waals surface area contributed by atoms with Gasteiger partial charge in [-0.2, -0.15) is 0 Å². The van der Waals surface area contributed by atoms with E-state index < -0.39 is 7.82 Å². The molecule has 0 aromatic carbocycles. The van der Waals surface area contributed by atoms with Gasteiger partial charge in [0.2, 0.25) is 0 Å². The standard InChI is InChI=1S/C10H21O5P/c1-4-14-16(11,12)15-7-10-9(8(2)3)5-6-13-10/h8-10H,4-7H2,1-3H3,(H,11,12). The molecule has 0 radical (unpaired) electrons. The zero-order chi connectivity index (χ0) is 12.2. The van der Waals surface area contributed by atoms with Crippen LogP contribution in [0.4, 0.5) is 0 Å². The van der Waals surface area contributed by atoms with E-state index in [0.717, 1.165) is 6.42 Å². The molecule has 5 nitrogen and oxygen atoms in total. The summed E-state index contributed by atoms with van der Waals surface area (Å²) in [5.74, 6) is 0.878. The fourth-order valence-corrected chi connectivity index (χ4v) is 2.70. The van der Waals surface area contributed by atoms with E-state index >= 15 is 0 Å². The Balaban J connectivity index is 2.40. The van der Waals surface area contributed by atoms with Crippen molar-refractivity contribution in [2.24, 2.45) is 11.8 Å². The van der Waals surface area contributed by atoms with Gasteiger partial charge in [-0.3, -0.25) is 9.05 Å². The maximum absolute atomic E-state index is 11.3. The molecule has 0 amide bonds.